The summed E-state index contributed by atoms with van der Waals surface area (Å²) in [5, 5.41) is 16.9. The summed E-state index contributed by atoms with van der Waals surface area (Å²) in [5.74, 6) is 0.218. The van der Waals surface area contributed by atoms with Crippen LogP contribution in [0.1, 0.15) is 37.2 Å². The maximum Gasteiger partial charge on any atom is 0.0995 e. The fourth-order valence-corrected chi connectivity index (χ4v) is 3.09. The number of hydrogen-bond donors (Lipinski definition) is 3. The second-order valence-electron chi connectivity index (χ2n) is 5.58. The molecule has 1 aromatic carbocycles. The molecule has 1 aliphatic heterocycles. The molecule has 1 heterocycles. The summed E-state index contributed by atoms with van der Waals surface area (Å²) in [6.45, 7) is 2.15. The normalized spacial score (nSPS) is 20.9. The van der Waals surface area contributed by atoms with Crippen molar-refractivity contribution in [2.24, 2.45) is 5.73 Å². The summed E-state index contributed by atoms with van der Waals surface area (Å²) in [6, 6.07) is 10.6. The van der Waals surface area contributed by atoms with E-state index in [1.54, 1.807) is 0 Å². The van der Waals surface area contributed by atoms with Crippen molar-refractivity contribution >= 4 is 5.84 Å². The van der Waals surface area contributed by atoms with Gasteiger partial charge in [0.2, 0.25) is 0 Å². The topological polar surface area (TPSA) is 73.3 Å². The lowest BCUT2D eigenvalue weighted by atomic mass is 9.96. The number of rotatable bonds is 7. The lowest BCUT2D eigenvalue weighted by molar-refractivity contribution is 0.214. The van der Waals surface area contributed by atoms with E-state index in [1.807, 2.05) is 30.3 Å². The molecule has 0 radical (unpaired) electrons. The molecule has 1 aliphatic rings. The van der Waals surface area contributed by atoms with Crippen LogP contribution in [0.3, 0.4) is 0 Å². The Morgan fingerprint density at radius 1 is 1.40 bits per heavy atom. The molecule has 0 bridgehead atoms. The van der Waals surface area contributed by atoms with Crippen LogP contribution in [0.15, 0.2) is 30.3 Å². The molecule has 2 unspecified atom stereocenters. The first kappa shape index (κ1) is 15.0. The van der Waals surface area contributed by atoms with E-state index < -0.39 is 0 Å². The van der Waals surface area contributed by atoms with Crippen molar-refractivity contribution in [3.8, 4) is 0 Å². The molecule has 0 aromatic heterocycles. The summed E-state index contributed by atoms with van der Waals surface area (Å²) in [6.07, 6.45) is 4.29. The lowest BCUT2D eigenvalue weighted by Gasteiger charge is -2.28. The highest BCUT2D eigenvalue weighted by atomic mass is 16.2. The zero-order valence-electron chi connectivity index (χ0n) is 12.0. The molecule has 2 atom stereocenters. The molecule has 4 N–H and O–H groups in total. The molecule has 110 valence electrons. The van der Waals surface area contributed by atoms with Crippen molar-refractivity contribution in [3.05, 3.63) is 35.9 Å². The molecule has 0 aliphatic carbocycles. The number of likely N-dealkylation sites (tertiary alicyclic amines) is 1. The number of nitrogens with zero attached hydrogens (tertiary/aromatic N) is 1. The monoisotopic (exact) mass is 275 g/mol. The molecule has 1 fully saturated rings. The molecular weight excluding hydrogens is 250 g/mol. The number of aliphatic hydroxyl groups is 1. The van der Waals surface area contributed by atoms with Crippen molar-refractivity contribution in [1.29, 1.82) is 5.41 Å². The molecule has 1 saturated heterocycles. The van der Waals surface area contributed by atoms with Crippen molar-refractivity contribution in [2.45, 2.75) is 37.6 Å². The number of amidine groups is 1. The van der Waals surface area contributed by atoms with Gasteiger partial charge in [0.25, 0.3) is 0 Å². The highest BCUT2D eigenvalue weighted by Crippen LogP contribution is 2.25. The summed E-state index contributed by atoms with van der Waals surface area (Å²) in [5.41, 5.74) is 6.93. The molecule has 1 aromatic rings. The Morgan fingerprint density at radius 2 is 2.15 bits per heavy atom. The Kier molecular flexibility index (Phi) is 5.56. The first-order chi connectivity index (χ1) is 9.72. The van der Waals surface area contributed by atoms with Crippen LogP contribution in [0.4, 0.5) is 0 Å². The van der Waals surface area contributed by atoms with Crippen molar-refractivity contribution in [2.75, 3.05) is 19.7 Å². The van der Waals surface area contributed by atoms with Crippen LogP contribution in [0, 0.1) is 5.41 Å². The highest BCUT2D eigenvalue weighted by molar-refractivity contribution is 5.84. The quantitative estimate of drug-likeness (QED) is 0.526. The molecule has 4 heteroatoms. The van der Waals surface area contributed by atoms with Crippen LogP contribution in [0.2, 0.25) is 0 Å². The van der Waals surface area contributed by atoms with Gasteiger partial charge >= 0.3 is 0 Å². The van der Waals surface area contributed by atoms with Crippen molar-refractivity contribution in [3.63, 3.8) is 0 Å². The lowest BCUT2D eigenvalue weighted by Crippen LogP contribution is -2.37. The maximum atomic E-state index is 8.99. The van der Waals surface area contributed by atoms with Gasteiger partial charge < -0.3 is 10.8 Å². The standard InChI is InChI=1S/C16H25N3O/c17-16(18)15(13-6-2-1-3-7-13)12-19-10-4-8-14(19)9-5-11-20/h1-3,6-7,14-15,20H,4-5,8-12H2,(H3,17,18). The molecule has 20 heavy (non-hydrogen) atoms. The summed E-state index contributed by atoms with van der Waals surface area (Å²) < 4.78 is 0. The third-order valence-corrected chi connectivity index (χ3v) is 4.19. The van der Waals surface area contributed by atoms with Gasteiger partial charge in [0, 0.05) is 19.2 Å². The zero-order chi connectivity index (χ0) is 14.4. The Morgan fingerprint density at radius 3 is 2.80 bits per heavy atom. The van der Waals surface area contributed by atoms with Gasteiger partial charge in [0.15, 0.2) is 0 Å². The van der Waals surface area contributed by atoms with Gasteiger partial charge in [-0.2, -0.15) is 0 Å². The largest absolute Gasteiger partial charge is 0.396 e. The smallest absolute Gasteiger partial charge is 0.0995 e. The fourth-order valence-electron chi connectivity index (χ4n) is 3.09. The number of benzene rings is 1. The van der Waals surface area contributed by atoms with Crippen molar-refractivity contribution < 1.29 is 5.11 Å². The Bertz CT molecular complexity index is 421. The Balaban J connectivity index is 2.03. The molecule has 2 rings (SSSR count). The van der Waals surface area contributed by atoms with Crippen molar-refractivity contribution in [1.82, 2.24) is 4.90 Å². The molecular formula is C16H25N3O. The summed E-state index contributed by atoms with van der Waals surface area (Å²) >= 11 is 0. The van der Waals surface area contributed by atoms with E-state index in [9.17, 15) is 0 Å². The third kappa shape index (κ3) is 3.81. The predicted molar refractivity (Wildman–Crippen MR) is 82.0 cm³/mol. The molecule has 0 spiro atoms. The third-order valence-electron chi connectivity index (χ3n) is 4.19. The number of nitrogens with two attached hydrogens (primary N) is 1. The van der Waals surface area contributed by atoms with Gasteiger partial charge in [0.05, 0.1) is 11.8 Å². The number of aliphatic hydroxyl groups excluding tert-OH is 1. The van der Waals surface area contributed by atoms with E-state index in [0.717, 1.165) is 31.5 Å². The van der Waals surface area contributed by atoms with E-state index in [4.69, 9.17) is 16.2 Å². The minimum atomic E-state index is -0.0223. The van der Waals surface area contributed by atoms with Gasteiger partial charge in [-0.1, -0.05) is 30.3 Å². The first-order valence-corrected chi connectivity index (χ1v) is 7.46. The average molecular weight is 275 g/mol. The van der Waals surface area contributed by atoms with Gasteiger partial charge in [-0.25, -0.2) is 0 Å². The van der Waals surface area contributed by atoms with Crippen LogP contribution in [0.25, 0.3) is 0 Å². The average Bonchev–Trinajstić information content (AvgIpc) is 2.90. The van der Waals surface area contributed by atoms with E-state index in [2.05, 4.69) is 4.90 Å². The number of nitrogens with one attached hydrogen (secondary N) is 1. The van der Waals surface area contributed by atoms with Crippen LogP contribution < -0.4 is 5.73 Å². The highest BCUT2D eigenvalue weighted by Gasteiger charge is 2.27. The van der Waals surface area contributed by atoms with Gasteiger partial charge in [-0.05, 0) is 37.8 Å². The zero-order valence-corrected chi connectivity index (χ0v) is 12.0. The van der Waals surface area contributed by atoms with Gasteiger partial charge in [0.1, 0.15) is 0 Å². The first-order valence-electron chi connectivity index (χ1n) is 7.46. The second-order valence-corrected chi connectivity index (χ2v) is 5.58. The van der Waals surface area contributed by atoms with Crippen LogP contribution in [0.5, 0.6) is 0 Å². The van der Waals surface area contributed by atoms with E-state index >= 15 is 0 Å². The van der Waals surface area contributed by atoms with Crippen LogP contribution >= 0.6 is 0 Å². The predicted octanol–water partition coefficient (Wildman–Crippen LogP) is 1.94. The minimum absolute atomic E-state index is 0.0223. The van der Waals surface area contributed by atoms with E-state index in [0.29, 0.717) is 6.04 Å². The fraction of sp³-hybridized carbons (Fsp3) is 0.562. The van der Waals surface area contributed by atoms with Gasteiger partial charge in [-0.15, -0.1) is 0 Å². The summed E-state index contributed by atoms with van der Waals surface area (Å²) in [4.78, 5) is 2.44. The summed E-state index contributed by atoms with van der Waals surface area (Å²) in [7, 11) is 0. The Labute approximate surface area is 121 Å². The minimum Gasteiger partial charge on any atom is -0.396 e. The number of hydrogen-bond acceptors (Lipinski definition) is 3. The molecule has 0 amide bonds. The second kappa shape index (κ2) is 7.41. The molecule has 4 nitrogen and oxygen atoms in total. The van der Waals surface area contributed by atoms with Gasteiger partial charge in [-0.3, -0.25) is 10.3 Å². The van der Waals surface area contributed by atoms with Crippen LogP contribution in [-0.4, -0.2) is 41.6 Å². The Hall–Kier alpha value is -1.39. The van der Waals surface area contributed by atoms with E-state index in [-0.39, 0.29) is 18.4 Å². The molecule has 0 saturated carbocycles. The van der Waals surface area contributed by atoms with E-state index in [1.165, 1.54) is 12.8 Å². The maximum absolute atomic E-state index is 8.99. The SMILES string of the molecule is N=C(N)C(CN1CCCC1CCCO)c1ccccc1. The van der Waals surface area contributed by atoms with Crippen LogP contribution in [-0.2, 0) is 0 Å².